The van der Waals surface area contributed by atoms with Gasteiger partial charge in [-0.05, 0) is 30.9 Å². The van der Waals surface area contributed by atoms with E-state index >= 15 is 0 Å². The number of carbonyl (C=O) groups is 1. The fourth-order valence-electron chi connectivity index (χ4n) is 2.43. The topological polar surface area (TPSA) is 49.4 Å². The van der Waals surface area contributed by atoms with Gasteiger partial charge in [-0.15, -0.1) is 0 Å². The minimum absolute atomic E-state index is 0.0263. The first-order chi connectivity index (χ1) is 9.66. The molecule has 4 nitrogen and oxygen atoms in total. The van der Waals surface area contributed by atoms with E-state index in [0.717, 1.165) is 24.4 Å². The molecule has 0 spiro atoms. The average molecular weight is 294 g/mol. The standard InChI is InChI=1S/C15H22N2O2S/c1-13-6-5-10-17(12-13)15(18)16-9-11-20(19)14-7-3-2-4-8-14/h2-4,7-8,13H,5-6,9-12H2,1H3,(H,16,18)/t13-,20-/m0/s1. The molecular formula is C15H22N2O2S. The first-order valence-electron chi connectivity index (χ1n) is 7.13. The van der Waals surface area contributed by atoms with Crippen LogP contribution in [0, 0.1) is 5.92 Å². The molecule has 0 radical (unpaired) electrons. The normalized spacial score (nSPS) is 20.4. The van der Waals surface area contributed by atoms with E-state index in [1.165, 1.54) is 6.42 Å². The van der Waals surface area contributed by atoms with E-state index in [-0.39, 0.29) is 6.03 Å². The van der Waals surface area contributed by atoms with E-state index < -0.39 is 10.8 Å². The molecule has 110 valence electrons. The van der Waals surface area contributed by atoms with Crippen LogP contribution in [0.2, 0.25) is 0 Å². The van der Waals surface area contributed by atoms with Gasteiger partial charge in [-0.1, -0.05) is 25.1 Å². The van der Waals surface area contributed by atoms with Crippen LogP contribution in [0.25, 0.3) is 0 Å². The molecule has 0 aromatic heterocycles. The van der Waals surface area contributed by atoms with Gasteiger partial charge in [0.15, 0.2) is 0 Å². The van der Waals surface area contributed by atoms with Gasteiger partial charge in [0.1, 0.15) is 0 Å². The number of carbonyl (C=O) groups excluding carboxylic acids is 1. The molecule has 1 N–H and O–H groups in total. The number of piperidine rings is 1. The van der Waals surface area contributed by atoms with Crippen LogP contribution in [0.4, 0.5) is 4.79 Å². The average Bonchev–Trinajstić information content (AvgIpc) is 2.48. The van der Waals surface area contributed by atoms with Gasteiger partial charge in [-0.3, -0.25) is 4.21 Å². The van der Waals surface area contributed by atoms with Crippen molar-refractivity contribution >= 4 is 16.8 Å². The van der Waals surface area contributed by atoms with E-state index in [4.69, 9.17) is 0 Å². The zero-order valence-corrected chi connectivity index (χ0v) is 12.7. The second-order valence-electron chi connectivity index (χ2n) is 5.29. The highest BCUT2D eigenvalue weighted by molar-refractivity contribution is 7.85. The molecule has 0 unspecified atom stereocenters. The zero-order chi connectivity index (χ0) is 14.4. The van der Waals surface area contributed by atoms with Crippen molar-refractivity contribution in [3.8, 4) is 0 Å². The summed E-state index contributed by atoms with van der Waals surface area (Å²) in [6, 6.07) is 9.33. The van der Waals surface area contributed by atoms with Crippen LogP contribution in [-0.2, 0) is 10.8 Å². The van der Waals surface area contributed by atoms with Crippen molar-refractivity contribution in [1.82, 2.24) is 10.2 Å². The lowest BCUT2D eigenvalue weighted by molar-refractivity contribution is 0.170. The maximum absolute atomic E-state index is 12.0. The summed E-state index contributed by atoms with van der Waals surface area (Å²) in [7, 11) is -1.04. The molecule has 1 fully saturated rings. The molecule has 1 aliphatic heterocycles. The predicted molar refractivity (Wildman–Crippen MR) is 81.1 cm³/mol. The van der Waals surface area contributed by atoms with Gasteiger partial charge in [0.05, 0.1) is 10.8 Å². The first-order valence-corrected chi connectivity index (χ1v) is 8.45. The van der Waals surface area contributed by atoms with Crippen molar-refractivity contribution in [2.45, 2.75) is 24.7 Å². The Kier molecular flexibility index (Phi) is 5.59. The fraction of sp³-hybridized carbons (Fsp3) is 0.533. The molecule has 5 heteroatoms. The SMILES string of the molecule is C[C@H]1CCCN(C(=O)NCC[S@](=O)c2ccccc2)C1. The van der Waals surface area contributed by atoms with Crippen LogP contribution in [0.15, 0.2) is 35.2 Å². The number of benzene rings is 1. The third kappa shape index (κ3) is 4.34. The van der Waals surface area contributed by atoms with E-state index in [2.05, 4.69) is 12.2 Å². The number of hydrogen-bond acceptors (Lipinski definition) is 2. The maximum atomic E-state index is 12.0. The molecule has 0 saturated carbocycles. The van der Waals surface area contributed by atoms with Gasteiger partial charge in [0.25, 0.3) is 0 Å². The number of nitrogens with one attached hydrogen (secondary N) is 1. The minimum atomic E-state index is -1.04. The molecule has 0 bridgehead atoms. The fourth-order valence-corrected chi connectivity index (χ4v) is 3.41. The summed E-state index contributed by atoms with van der Waals surface area (Å²) in [5.41, 5.74) is 0. The molecule has 20 heavy (non-hydrogen) atoms. The second-order valence-corrected chi connectivity index (χ2v) is 6.86. The van der Waals surface area contributed by atoms with Crippen molar-refractivity contribution < 1.29 is 9.00 Å². The molecule has 1 aliphatic rings. The Labute approximate surface area is 123 Å². The Morgan fingerprint density at radius 1 is 1.40 bits per heavy atom. The van der Waals surface area contributed by atoms with Gasteiger partial charge in [-0.25, -0.2) is 4.79 Å². The predicted octanol–water partition coefficient (Wildman–Crippen LogP) is 2.24. The molecule has 1 aromatic carbocycles. The van der Waals surface area contributed by atoms with Gasteiger partial charge in [0, 0.05) is 30.3 Å². The Morgan fingerprint density at radius 2 is 2.15 bits per heavy atom. The largest absolute Gasteiger partial charge is 0.337 e. The number of nitrogens with zero attached hydrogens (tertiary/aromatic N) is 1. The van der Waals surface area contributed by atoms with Crippen LogP contribution in [0.1, 0.15) is 19.8 Å². The summed E-state index contributed by atoms with van der Waals surface area (Å²) in [6.45, 7) is 4.28. The van der Waals surface area contributed by atoms with E-state index in [1.807, 2.05) is 35.2 Å². The van der Waals surface area contributed by atoms with Crippen LogP contribution in [-0.4, -0.2) is 40.5 Å². The lowest BCUT2D eigenvalue weighted by atomic mass is 10.0. The zero-order valence-electron chi connectivity index (χ0n) is 11.9. The van der Waals surface area contributed by atoms with Crippen molar-refractivity contribution in [3.63, 3.8) is 0 Å². The highest BCUT2D eigenvalue weighted by Gasteiger charge is 2.20. The van der Waals surface area contributed by atoms with E-state index in [0.29, 0.717) is 18.2 Å². The van der Waals surface area contributed by atoms with E-state index in [1.54, 1.807) is 0 Å². The quantitative estimate of drug-likeness (QED) is 0.926. The lowest BCUT2D eigenvalue weighted by Crippen LogP contribution is -2.45. The smallest absolute Gasteiger partial charge is 0.317 e. The van der Waals surface area contributed by atoms with Gasteiger partial charge in [-0.2, -0.15) is 0 Å². The maximum Gasteiger partial charge on any atom is 0.317 e. The summed E-state index contributed by atoms with van der Waals surface area (Å²) in [5.74, 6) is 1.03. The number of urea groups is 1. The molecule has 1 saturated heterocycles. The Bertz CT molecular complexity index is 464. The third-order valence-corrected chi connectivity index (χ3v) is 4.89. The molecular weight excluding hydrogens is 272 g/mol. The monoisotopic (exact) mass is 294 g/mol. The lowest BCUT2D eigenvalue weighted by Gasteiger charge is -2.30. The van der Waals surface area contributed by atoms with Crippen molar-refractivity contribution in [2.24, 2.45) is 5.92 Å². The second kappa shape index (κ2) is 7.43. The molecule has 0 aliphatic carbocycles. The highest BCUT2D eigenvalue weighted by atomic mass is 32.2. The Balaban J connectivity index is 1.73. The van der Waals surface area contributed by atoms with Crippen LogP contribution in [0.3, 0.4) is 0 Å². The van der Waals surface area contributed by atoms with Crippen molar-refractivity contribution in [3.05, 3.63) is 30.3 Å². The molecule has 1 aromatic rings. The highest BCUT2D eigenvalue weighted by Crippen LogP contribution is 2.15. The third-order valence-electron chi connectivity index (χ3n) is 3.51. The summed E-state index contributed by atoms with van der Waals surface area (Å²) in [5, 5.41) is 2.87. The molecule has 2 amide bonds. The molecule has 2 rings (SSSR count). The van der Waals surface area contributed by atoms with Crippen LogP contribution >= 0.6 is 0 Å². The summed E-state index contributed by atoms with van der Waals surface area (Å²) in [6.07, 6.45) is 2.27. The summed E-state index contributed by atoms with van der Waals surface area (Å²) < 4.78 is 12.0. The Morgan fingerprint density at radius 3 is 2.85 bits per heavy atom. The first kappa shape index (κ1) is 15.0. The van der Waals surface area contributed by atoms with Crippen LogP contribution in [0.5, 0.6) is 0 Å². The van der Waals surface area contributed by atoms with Gasteiger partial charge < -0.3 is 10.2 Å². The number of hydrogen-bond donors (Lipinski definition) is 1. The summed E-state index contributed by atoms with van der Waals surface area (Å²) >= 11 is 0. The van der Waals surface area contributed by atoms with E-state index in [9.17, 15) is 9.00 Å². The minimum Gasteiger partial charge on any atom is -0.337 e. The van der Waals surface area contributed by atoms with Gasteiger partial charge >= 0.3 is 6.03 Å². The molecule has 1 heterocycles. The molecule has 2 atom stereocenters. The van der Waals surface area contributed by atoms with Crippen molar-refractivity contribution in [1.29, 1.82) is 0 Å². The number of amides is 2. The Hall–Kier alpha value is -1.36. The van der Waals surface area contributed by atoms with Crippen molar-refractivity contribution in [2.75, 3.05) is 25.4 Å². The number of rotatable bonds is 4. The summed E-state index contributed by atoms with van der Waals surface area (Å²) in [4.78, 5) is 14.7. The van der Waals surface area contributed by atoms with Gasteiger partial charge in [0.2, 0.25) is 0 Å². The number of likely N-dealkylation sites (tertiary alicyclic amines) is 1. The van der Waals surface area contributed by atoms with Crippen LogP contribution < -0.4 is 5.32 Å².